The molecule has 18 heavy (non-hydrogen) atoms. The van der Waals surface area contributed by atoms with E-state index >= 15 is 0 Å². The lowest BCUT2D eigenvalue weighted by Crippen LogP contribution is -2.45. The van der Waals surface area contributed by atoms with Crippen LogP contribution in [0.2, 0.25) is 0 Å². The van der Waals surface area contributed by atoms with E-state index in [4.69, 9.17) is 0 Å². The Morgan fingerprint density at radius 2 is 1.89 bits per heavy atom. The number of carbonyl (C=O) groups excluding carboxylic acids is 1. The summed E-state index contributed by atoms with van der Waals surface area (Å²) in [5.41, 5.74) is 0.972. The Kier molecular flexibility index (Phi) is 6.46. The van der Waals surface area contributed by atoms with E-state index in [0.29, 0.717) is 5.75 Å². The Balaban J connectivity index is 0.00000162. The molecule has 0 aromatic heterocycles. The quantitative estimate of drug-likeness (QED) is 0.908. The minimum absolute atomic E-state index is 0. The molecular formula is C12H16ClFN2OS. The van der Waals surface area contributed by atoms with Gasteiger partial charge >= 0.3 is 0 Å². The fourth-order valence-corrected chi connectivity index (χ4v) is 2.51. The Labute approximate surface area is 117 Å². The number of nitrogens with zero attached hydrogens (tertiary/aromatic N) is 1. The summed E-state index contributed by atoms with van der Waals surface area (Å²) in [5.74, 6) is 0.357. The number of thioether (sulfide) groups is 1. The molecule has 1 aliphatic rings. The predicted molar refractivity (Wildman–Crippen MR) is 74.8 cm³/mol. The van der Waals surface area contributed by atoms with Crippen LogP contribution in [0.25, 0.3) is 0 Å². The number of halogens is 2. The fraction of sp³-hybridized carbons (Fsp3) is 0.417. The van der Waals surface area contributed by atoms with E-state index in [-0.39, 0.29) is 23.5 Å². The van der Waals surface area contributed by atoms with Crippen LogP contribution in [0.1, 0.15) is 5.56 Å². The highest BCUT2D eigenvalue weighted by molar-refractivity contribution is 8.12. The Morgan fingerprint density at radius 3 is 2.50 bits per heavy atom. The molecule has 1 N–H and O–H groups in total. The molecule has 0 bridgehead atoms. The Morgan fingerprint density at radius 1 is 1.28 bits per heavy atom. The molecule has 1 heterocycles. The molecule has 0 radical (unpaired) electrons. The highest BCUT2D eigenvalue weighted by Crippen LogP contribution is 2.16. The van der Waals surface area contributed by atoms with Gasteiger partial charge in [-0.1, -0.05) is 23.9 Å². The van der Waals surface area contributed by atoms with Gasteiger partial charge in [0.1, 0.15) is 5.82 Å². The first-order valence-corrected chi connectivity index (χ1v) is 6.61. The van der Waals surface area contributed by atoms with Crippen LogP contribution in [-0.2, 0) is 5.75 Å². The van der Waals surface area contributed by atoms with Gasteiger partial charge in [0.2, 0.25) is 0 Å². The van der Waals surface area contributed by atoms with Gasteiger partial charge in [-0.25, -0.2) is 4.39 Å². The molecule has 3 nitrogen and oxygen atoms in total. The standard InChI is InChI=1S/C12H15FN2OS.ClH/c13-11-3-1-10(2-4-11)9-17-12(16)15-7-5-14-6-8-15;/h1-4,14H,5-9H2;1H. The second kappa shape index (κ2) is 7.61. The summed E-state index contributed by atoms with van der Waals surface area (Å²) in [6.45, 7) is 3.27. The number of hydrogen-bond acceptors (Lipinski definition) is 3. The molecule has 6 heteroatoms. The average molecular weight is 291 g/mol. The first-order chi connectivity index (χ1) is 8.25. The minimum Gasteiger partial charge on any atom is -0.331 e. The van der Waals surface area contributed by atoms with E-state index in [1.54, 1.807) is 12.1 Å². The van der Waals surface area contributed by atoms with Crippen molar-refractivity contribution >= 4 is 29.4 Å². The molecular weight excluding hydrogens is 275 g/mol. The number of amides is 1. The van der Waals surface area contributed by atoms with Crippen molar-refractivity contribution in [2.75, 3.05) is 26.2 Å². The zero-order valence-electron chi connectivity index (χ0n) is 9.89. The summed E-state index contributed by atoms with van der Waals surface area (Å²) in [4.78, 5) is 13.7. The zero-order valence-corrected chi connectivity index (χ0v) is 11.5. The van der Waals surface area contributed by atoms with Crippen molar-refractivity contribution in [2.24, 2.45) is 0 Å². The van der Waals surface area contributed by atoms with Crippen molar-refractivity contribution in [1.29, 1.82) is 0 Å². The third-order valence-electron chi connectivity index (χ3n) is 2.65. The molecule has 1 amide bonds. The van der Waals surface area contributed by atoms with Crippen LogP contribution in [-0.4, -0.2) is 36.3 Å². The molecule has 1 saturated heterocycles. The van der Waals surface area contributed by atoms with Crippen molar-refractivity contribution in [3.8, 4) is 0 Å². The van der Waals surface area contributed by atoms with Gasteiger partial charge in [-0.3, -0.25) is 4.79 Å². The predicted octanol–water partition coefficient (Wildman–Crippen LogP) is 2.51. The van der Waals surface area contributed by atoms with Crippen molar-refractivity contribution in [2.45, 2.75) is 5.75 Å². The number of carbonyl (C=O) groups is 1. The fourth-order valence-electron chi connectivity index (χ4n) is 1.66. The maximum absolute atomic E-state index is 12.7. The van der Waals surface area contributed by atoms with Crippen molar-refractivity contribution in [3.63, 3.8) is 0 Å². The van der Waals surface area contributed by atoms with E-state index in [1.807, 2.05) is 4.90 Å². The van der Waals surface area contributed by atoms with Gasteiger partial charge in [-0.05, 0) is 17.7 Å². The summed E-state index contributed by atoms with van der Waals surface area (Å²) in [6, 6.07) is 6.27. The maximum atomic E-state index is 12.7. The van der Waals surface area contributed by atoms with Gasteiger partial charge < -0.3 is 10.2 Å². The second-order valence-electron chi connectivity index (χ2n) is 3.92. The third-order valence-corrected chi connectivity index (χ3v) is 3.63. The van der Waals surface area contributed by atoms with Crippen LogP contribution in [0.5, 0.6) is 0 Å². The van der Waals surface area contributed by atoms with Gasteiger partial charge in [0.05, 0.1) is 0 Å². The number of nitrogens with one attached hydrogen (secondary N) is 1. The highest BCUT2D eigenvalue weighted by Gasteiger charge is 2.16. The van der Waals surface area contributed by atoms with Gasteiger partial charge in [0, 0.05) is 31.9 Å². The van der Waals surface area contributed by atoms with E-state index in [2.05, 4.69) is 5.32 Å². The molecule has 1 aromatic rings. The van der Waals surface area contributed by atoms with Crippen LogP contribution in [0.4, 0.5) is 9.18 Å². The minimum atomic E-state index is -0.243. The smallest absolute Gasteiger partial charge is 0.282 e. The molecule has 1 aliphatic heterocycles. The Hall–Kier alpha value is -0.780. The van der Waals surface area contributed by atoms with Gasteiger partial charge in [-0.15, -0.1) is 12.4 Å². The molecule has 0 atom stereocenters. The molecule has 100 valence electrons. The number of rotatable bonds is 2. The maximum Gasteiger partial charge on any atom is 0.282 e. The molecule has 0 saturated carbocycles. The van der Waals surface area contributed by atoms with E-state index < -0.39 is 0 Å². The molecule has 1 fully saturated rings. The summed E-state index contributed by atoms with van der Waals surface area (Å²) < 4.78 is 12.7. The summed E-state index contributed by atoms with van der Waals surface area (Å²) in [6.07, 6.45) is 0. The van der Waals surface area contributed by atoms with Gasteiger partial charge in [-0.2, -0.15) is 0 Å². The normalized spacial score (nSPS) is 15.1. The van der Waals surface area contributed by atoms with Gasteiger partial charge in [0.25, 0.3) is 5.24 Å². The topological polar surface area (TPSA) is 32.3 Å². The summed E-state index contributed by atoms with van der Waals surface area (Å²) in [7, 11) is 0. The number of piperazine rings is 1. The molecule has 0 unspecified atom stereocenters. The largest absolute Gasteiger partial charge is 0.331 e. The average Bonchev–Trinajstić information content (AvgIpc) is 2.39. The van der Waals surface area contributed by atoms with Crippen LogP contribution < -0.4 is 5.32 Å². The van der Waals surface area contributed by atoms with Crippen LogP contribution >= 0.6 is 24.2 Å². The van der Waals surface area contributed by atoms with Crippen LogP contribution in [0.15, 0.2) is 24.3 Å². The molecule has 0 spiro atoms. The zero-order chi connectivity index (χ0) is 12.1. The van der Waals surface area contributed by atoms with Gasteiger partial charge in [0.15, 0.2) is 0 Å². The lowest BCUT2D eigenvalue weighted by molar-refractivity contribution is 0.215. The van der Waals surface area contributed by atoms with E-state index in [0.717, 1.165) is 31.7 Å². The van der Waals surface area contributed by atoms with Crippen LogP contribution in [0.3, 0.4) is 0 Å². The molecule has 1 aromatic carbocycles. The SMILES string of the molecule is Cl.O=C(SCc1ccc(F)cc1)N1CCNCC1. The number of hydrogen-bond donors (Lipinski definition) is 1. The molecule has 2 rings (SSSR count). The first-order valence-electron chi connectivity index (χ1n) is 5.62. The highest BCUT2D eigenvalue weighted by atomic mass is 35.5. The molecule has 0 aliphatic carbocycles. The summed E-state index contributed by atoms with van der Waals surface area (Å²) in [5, 5.41) is 3.31. The van der Waals surface area contributed by atoms with E-state index in [9.17, 15) is 9.18 Å². The lowest BCUT2D eigenvalue weighted by atomic mass is 10.2. The van der Waals surface area contributed by atoms with E-state index in [1.165, 1.54) is 23.9 Å². The van der Waals surface area contributed by atoms with Crippen molar-refractivity contribution in [3.05, 3.63) is 35.6 Å². The number of benzene rings is 1. The second-order valence-corrected chi connectivity index (χ2v) is 4.84. The van der Waals surface area contributed by atoms with Crippen molar-refractivity contribution in [1.82, 2.24) is 10.2 Å². The Bertz CT molecular complexity index is 382. The summed E-state index contributed by atoms with van der Waals surface area (Å²) >= 11 is 1.28. The van der Waals surface area contributed by atoms with Crippen molar-refractivity contribution < 1.29 is 9.18 Å². The third kappa shape index (κ3) is 4.48. The monoisotopic (exact) mass is 290 g/mol. The first kappa shape index (κ1) is 15.3. The van der Waals surface area contributed by atoms with Crippen LogP contribution in [0, 0.1) is 5.82 Å². The lowest BCUT2D eigenvalue weighted by Gasteiger charge is -2.26.